The molecule has 0 aliphatic rings. The fourth-order valence-corrected chi connectivity index (χ4v) is 2.94. The van der Waals surface area contributed by atoms with E-state index >= 15 is 0 Å². The summed E-state index contributed by atoms with van der Waals surface area (Å²) in [6.07, 6.45) is 12.1. The van der Waals surface area contributed by atoms with Crippen molar-refractivity contribution in [2.75, 3.05) is 18.6 Å². The molecular formula is C15H33NO2S. The summed E-state index contributed by atoms with van der Waals surface area (Å²) in [7, 11) is -2.83. The lowest BCUT2D eigenvalue weighted by atomic mass is 10.0. The monoisotopic (exact) mass is 291 g/mol. The second-order valence-electron chi connectivity index (χ2n) is 5.63. The molecule has 0 bridgehead atoms. The summed E-state index contributed by atoms with van der Waals surface area (Å²) in [5, 5.41) is 3.48. The van der Waals surface area contributed by atoms with Crippen LogP contribution in [0.1, 0.15) is 71.6 Å². The van der Waals surface area contributed by atoms with Crippen LogP contribution in [0.3, 0.4) is 0 Å². The summed E-state index contributed by atoms with van der Waals surface area (Å²) >= 11 is 0. The molecule has 0 aromatic rings. The molecule has 0 aromatic carbocycles. The molecule has 0 heterocycles. The Balaban J connectivity index is 3.79. The van der Waals surface area contributed by atoms with E-state index in [0.29, 0.717) is 11.8 Å². The molecule has 0 aliphatic carbocycles. The summed E-state index contributed by atoms with van der Waals surface area (Å²) in [4.78, 5) is 0. The Morgan fingerprint density at radius 3 is 2.11 bits per heavy atom. The average Bonchev–Trinajstić information content (AvgIpc) is 2.34. The van der Waals surface area contributed by atoms with Crippen molar-refractivity contribution in [3.63, 3.8) is 0 Å². The largest absolute Gasteiger partial charge is 0.314 e. The van der Waals surface area contributed by atoms with Crippen LogP contribution in [0, 0.1) is 0 Å². The summed E-state index contributed by atoms with van der Waals surface area (Å²) in [5.41, 5.74) is 0. The summed E-state index contributed by atoms with van der Waals surface area (Å²) in [6.45, 7) is 5.37. The Morgan fingerprint density at radius 2 is 1.53 bits per heavy atom. The minimum absolute atomic E-state index is 0.310. The molecule has 0 aliphatic heterocycles. The zero-order valence-electron chi connectivity index (χ0n) is 13.1. The fourth-order valence-electron chi connectivity index (χ4n) is 2.22. The number of unbranched alkanes of at least 4 members (excludes halogenated alkanes) is 5. The maximum Gasteiger partial charge on any atom is 0.147 e. The van der Waals surface area contributed by atoms with Crippen molar-refractivity contribution < 1.29 is 8.42 Å². The number of sulfone groups is 1. The standard InChI is InChI=1S/C15H33NO2S/c1-4-6-7-8-9-10-11-15(16-13-5-2)12-14-19(3,17)18/h15-16H,4-14H2,1-3H3. The molecule has 1 atom stereocenters. The summed E-state index contributed by atoms with van der Waals surface area (Å²) < 4.78 is 22.5. The molecule has 0 saturated carbocycles. The zero-order valence-corrected chi connectivity index (χ0v) is 13.9. The van der Waals surface area contributed by atoms with Gasteiger partial charge in [0, 0.05) is 12.3 Å². The van der Waals surface area contributed by atoms with Gasteiger partial charge in [0.1, 0.15) is 9.84 Å². The highest BCUT2D eigenvalue weighted by Crippen LogP contribution is 2.11. The molecule has 0 saturated heterocycles. The highest BCUT2D eigenvalue weighted by Gasteiger charge is 2.11. The molecular weight excluding hydrogens is 258 g/mol. The van der Waals surface area contributed by atoms with Gasteiger partial charge in [0.15, 0.2) is 0 Å². The molecule has 0 rings (SSSR count). The van der Waals surface area contributed by atoms with Gasteiger partial charge in [-0.05, 0) is 25.8 Å². The molecule has 0 amide bonds. The van der Waals surface area contributed by atoms with Gasteiger partial charge in [0.25, 0.3) is 0 Å². The smallest absolute Gasteiger partial charge is 0.147 e. The van der Waals surface area contributed by atoms with Crippen LogP contribution >= 0.6 is 0 Å². The van der Waals surface area contributed by atoms with Gasteiger partial charge < -0.3 is 5.32 Å². The van der Waals surface area contributed by atoms with Crippen molar-refractivity contribution >= 4 is 9.84 Å². The predicted octanol–water partition coefficient (Wildman–Crippen LogP) is 3.54. The predicted molar refractivity (Wildman–Crippen MR) is 84.4 cm³/mol. The lowest BCUT2D eigenvalue weighted by Crippen LogP contribution is -2.31. The highest BCUT2D eigenvalue weighted by atomic mass is 32.2. The van der Waals surface area contributed by atoms with E-state index in [1.807, 2.05) is 0 Å². The normalized spacial score (nSPS) is 13.6. The Bertz CT molecular complexity index is 289. The Kier molecular flexibility index (Phi) is 11.7. The summed E-state index contributed by atoms with van der Waals surface area (Å²) in [5.74, 6) is 0.310. The van der Waals surface area contributed by atoms with Crippen LogP contribution in [0.5, 0.6) is 0 Å². The minimum atomic E-state index is -2.83. The van der Waals surface area contributed by atoms with Crippen molar-refractivity contribution in [1.82, 2.24) is 5.32 Å². The Hall–Kier alpha value is -0.0900. The van der Waals surface area contributed by atoms with Crippen molar-refractivity contribution in [2.45, 2.75) is 77.7 Å². The molecule has 19 heavy (non-hydrogen) atoms. The van der Waals surface area contributed by atoms with Gasteiger partial charge in [-0.25, -0.2) is 8.42 Å². The number of nitrogens with one attached hydrogen (secondary N) is 1. The third-order valence-electron chi connectivity index (χ3n) is 3.43. The lowest BCUT2D eigenvalue weighted by Gasteiger charge is -2.18. The maximum atomic E-state index is 11.2. The fraction of sp³-hybridized carbons (Fsp3) is 1.00. The number of hydrogen-bond donors (Lipinski definition) is 1. The molecule has 4 heteroatoms. The Morgan fingerprint density at radius 1 is 0.895 bits per heavy atom. The van der Waals surface area contributed by atoms with Crippen molar-refractivity contribution in [1.29, 1.82) is 0 Å². The first-order chi connectivity index (χ1) is 8.99. The number of hydrogen-bond acceptors (Lipinski definition) is 3. The molecule has 0 aromatic heterocycles. The molecule has 3 nitrogen and oxygen atoms in total. The SMILES string of the molecule is CCCCCCCCC(CCS(C)(=O)=O)NCCC. The van der Waals surface area contributed by atoms with E-state index in [4.69, 9.17) is 0 Å². The second-order valence-corrected chi connectivity index (χ2v) is 7.89. The van der Waals surface area contributed by atoms with Crippen molar-refractivity contribution in [3.8, 4) is 0 Å². The van der Waals surface area contributed by atoms with Gasteiger partial charge in [-0.1, -0.05) is 52.4 Å². The van der Waals surface area contributed by atoms with Gasteiger partial charge in [0.05, 0.1) is 5.75 Å². The average molecular weight is 292 g/mol. The molecule has 0 spiro atoms. The van der Waals surface area contributed by atoms with E-state index in [9.17, 15) is 8.42 Å². The zero-order chi connectivity index (χ0) is 14.6. The first-order valence-corrected chi connectivity index (χ1v) is 9.96. The topological polar surface area (TPSA) is 46.2 Å². The van der Waals surface area contributed by atoms with Crippen molar-refractivity contribution in [3.05, 3.63) is 0 Å². The van der Waals surface area contributed by atoms with Crippen LogP contribution in [-0.2, 0) is 9.84 Å². The van der Waals surface area contributed by atoms with Crippen LogP contribution in [0.4, 0.5) is 0 Å². The number of rotatable bonds is 13. The van der Waals surface area contributed by atoms with Gasteiger partial charge in [0.2, 0.25) is 0 Å². The summed E-state index contributed by atoms with van der Waals surface area (Å²) in [6, 6.07) is 0.376. The Labute approximate surface area is 120 Å². The van der Waals surface area contributed by atoms with E-state index in [1.54, 1.807) is 0 Å². The third kappa shape index (κ3) is 14.1. The lowest BCUT2D eigenvalue weighted by molar-refractivity contribution is 0.442. The molecule has 0 radical (unpaired) electrons. The van der Waals surface area contributed by atoms with E-state index in [1.165, 1.54) is 44.8 Å². The third-order valence-corrected chi connectivity index (χ3v) is 4.40. The van der Waals surface area contributed by atoms with E-state index < -0.39 is 9.84 Å². The minimum Gasteiger partial charge on any atom is -0.314 e. The van der Waals surface area contributed by atoms with Crippen LogP contribution in [0.15, 0.2) is 0 Å². The molecule has 116 valence electrons. The van der Waals surface area contributed by atoms with Crippen molar-refractivity contribution in [2.24, 2.45) is 0 Å². The molecule has 0 fully saturated rings. The van der Waals surface area contributed by atoms with Gasteiger partial charge in [-0.3, -0.25) is 0 Å². The highest BCUT2D eigenvalue weighted by molar-refractivity contribution is 7.90. The van der Waals surface area contributed by atoms with Gasteiger partial charge in [-0.15, -0.1) is 0 Å². The van der Waals surface area contributed by atoms with Crippen LogP contribution in [0.2, 0.25) is 0 Å². The van der Waals surface area contributed by atoms with E-state index in [-0.39, 0.29) is 0 Å². The van der Waals surface area contributed by atoms with Crippen LogP contribution in [0.25, 0.3) is 0 Å². The van der Waals surface area contributed by atoms with Gasteiger partial charge >= 0.3 is 0 Å². The first kappa shape index (κ1) is 18.9. The van der Waals surface area contributed by atoms with E-state index in [2.05, 4.69) is 19.2 Å². The molecule has 1 N–H and O–H groups in total. The van der Waals surface area contributed by atoms with Gasteiger partial charge in [-0.2, -0.15) is 0 Å². The van der Waals surface area contributed by atoms with Crippen LogP contribution in [-0.4, -0.2) is 33.0 Å². The second kappa shape index (κ2) is 11.7. The first-order valence-electron chi connectivity index (χ1n) is 7.90. The van der Waals surface area contributed by atoms with E-state index in [0.717, 1.165) is 25.8 Å². The maximum absolute atomic E-state index is 11.2. The quantitative estimate of drug-likeness (QED) is 0.528. The molecule has 1 unspecified atom stereocenters. The van der Waals surface area contributed by atoms with Crippen LogP contribution < -0.4 is 5.32 Å².